The summed E-state index contributed by atoms with van der Waals surface area (Å²) in [7, 11) is -1.19. The first-order valence-electron chi connectivity index (χ1n) is 7.27. The lowest BCUT2D eigenvalue weighted by molar-refractivity contribution is 0.0992. The number of nitrogens with zero attached hydrogens (tertiary/aromatic N) is 1. The number of nitrogens with two attached hydrogens (primary N) is 1. The molecule has 0 radical (unpaired) electrons. The van der Waals surface area contributed by atoms with Gasteiger partial charge in [-0.25, -0.2) is 21.5 Å². The number of anilines is 1. The highest BCUT2D eigenvalue weighted by molar-refractivity contribution is 9.10. The first-order chi connectivity index (χ1) is 12.4. The van der Waals surface area contributed by atoms with Crippen molar-refractivity contribution in [2.24, 2.45) is 5.73 Å². The van der Waals surface area contributed by atoms with E-state index in [1.54, 1.807) is 0 Å². The van der Waals surface area contributed by atoms with E-state index in [2.05, 4.69) is 21.2 Å². The Bertz CT molecular complexity index is 1040. The topological polar surface area (TPSA) is 110 Å². The molecule has 144 valence electrons. The van der Waals surface area contributed by atoms with Gasteiger partial charge in [0.25, 0.3) is 11.8 Å². The van der Waals surface area contributed by atoms with E-state index in [0.717, 1.165) is 16.4 Å². The standard InChI is InChI=1S/C16H14BrF2N3O4S/c1-22(2)27(25,26)14-5-8(3-4-10(14)17)16(24)21-13-6-9(15(20)23)11(18)7-12(13)19/h3-7H,1-2H3,(H2,20,23)(H,21,24). The summed E-state index contributed by atoms with van der Waals surface area (Å²) in [5.41, 5.74) is 3.83. The zero-order valence-electron chi connectivity index (χ0n) is 14.1. The van der Waals surface area contributed by atoms with Crippen molar-refractivity contribution < 1.29 is 26.8 Å². The predicted molar refractivity (Wildman–Crippen MR) is 97.8 cm³/mol. The molecule has 3 N–H and O–H groups in total. The average Bonchev–Trinajstić information content (AvgIpc) is 2.56. The van der Waals surface area contributed by atoms with Crippen molar-refractivity contribution in [3.05, 3.63) is 57.6 Å². The maximum atomic E-state index is 13.9. The molecule has 0 aliphatic rings. The van der Waals surface area contributed by atoms with E-state index in [-0.39, 0.29) is 14.9 Å². The fourth-order valence-electron chi connectivity index (χ4n) is 2.07. The lowest BCUT2D eigenvalue weighted by Gasteiger charge is -2.14. The molecule has 0 aliphatic heterocycles. The highest BCUT2D eigenvalue weighted by atomic mass is 79.9. The molecule has 2 aromatic rings. The van der Waals surface area contributed by atoms with Gasteiger partial charge in [0.2, 0.25) is 10.0 Å². The molecular weight excluding hydrogens is 448 g/mol. The van der Waals surface area contributed by atoms with Crippen LogP contribution in [0.15, 0.2) is 39.7 Å². The van der Waals surface area contributed by atoms with Gasteiger partial charge in [0, 0.05) is 30.2 Å². The summed E-state index contributed by atoms with van der Waals surface area (Å²) in [5.74, 6) is -4.28. The number of primary amides is 1. The Morgan fingerprint density at radius 3 is 2.30 bits per heavy atom. The summed E-state index contributed by atoms with van der Waals surface area (Å²) in [4.78, 5) is 23.4. The largest absolute Gasteiger partial charge is 0.366 e. The summed E-state index contributed by atoms with van der Waals surface area (Å²) in [5, 5.41) is 2.16. The van der Waals surface area contributed by atoms with E-state index >= 15 is 0 Å². The summed E-state index contributed by atoms with van der Waals surface area (Å²) >= 11 is 3.10. The molecule has 0 unspecified atom stereocenters. The second-order valence-electron chi connectivity index (χ2n) is 5.56. The molecule has 2 amide bonds. The number of carbonyl (C=O) groups is 2. The van der Waals surface area contributed by atoms with Crippen molar-refractivity contribution in [1.82, 2.24) is 4.31 Å². The zero-order valence-corrected chi connectivity index (χ0v) is 16.5. The van der Waals surface area contributed by atoms with Crippen molar-refractivity contribution in [2.75, 3.05) is 19.4 Å². The summed E-state index contributed by atoms with van der Waals surface area (Å²) < 4.78 is 53.2. The van der Waals surface area contributed by atoms with Gasteiger partial charge in [-0.05, 0) is 40.2 Å². The maximum absolute atomic E-state index is 13.9. The molecule has 0 bridgehead atoms. The number of sulfonamides is 1. The van der Waals surface area contributed by atoms with Crippen LogP contribution >= 0.6 is 15.9 Å². The van der Waals surface area contributed by atoms with E-state index in [1.807, 2.05) is 0 Å². The van der Waals surface area contributed by atoms with Crippen molar-refractivity contribution in [3.63, 3.8) is 0 Å². The molecule has 0 saturated heterocycles. The van der Waals surface area contributed by atoms with Gasteiger partial charge in [-0.3, -0.25) is 9.59 Å². The van der Waals surface area contributed by atoms with Gasteiger partial charge in [-0.15, -0.1) is 0 Å². The van der Waals surface area contributed by atoms with Crippen LogP contribution in [0.1, 0.15) is 20.7 Å². The van der Waals surface area contributed by atoms with Crippen molar-refractivity contribution in [2.45, 2.75) is 4.90 Å². The molecule has 0 atom stereocenters. The van der Waals surface area contributed by atoms with Gasteiger partial charge in [-0.2, -0.15) is 0 Å². The number of amides is 2. The van der Waals surface area contributed by atoms with Crippen LogP contribution in [0.2, 0.25) is 0 Å². The van der Waals surface area contributed by atoms with Gasteiger partial charge in [0.1, 0.15) is 11.6 Å². The monoisotopic (exact) mass is 461 g/mol. The first-order valence-corrected chi connectivity index (χ1v) is 9.50. The normalized spacial score (nSPS) is 11.5. The van der Waals surface area contributed by atoms with Crippen LogP contribution < -0.4 is 11.1 Å². The minimum absolute atomic E-state index is 0.0945. The molecule has 2 rings (SSSR count). The Balaban J connectivity index is 2.43. The molecule has 0 aliphatic carbocycles. The first kappa shape index (κ1) is 20.9. The molecule has 2 aromatic carbocycles. The van der Waals surface area contributed by atoms with Crippen LogP contribution in [0.3, 0.4) is 0 Å². The van der Waals surface area contributed by atoms with E-state index in [0.29, 0.717) is 6.07 Å². The Kier molecular flexibility index (Phi) is 5.97. The Labute approximate surface area is 162 Å². The number of nitrogens with one attached hydrogen (secondary N) is 1. The molecule has 0 aromatic heterocycles. The SMILES string of the molecule is CN(C)S(=O)(=O)c1cc(C(=O)Nc2cc(C(N)=O)c(F)cc2F)ccc1Br. The second kappa shape index (κ2) is 7.71. The quantitative estimate of drug-likeness (QED) is 0.711. The fraction of sp³-hybridized carbons (Fsp3) is 0.125. The number of carbonyl (C=O) groups excluding carboxylic acids is 2. The van der Waals surface area contributed by atoms with Crippen molar-refractivity contribution >= 4 is 43.5 Å². The third kappa shape index (κ3) is 4.31. The highest BCUT2D eigenvalue weighted by Gasteiger charge is 2.23. The number of halogens is 3. The Hall–Kier alpha value is -2.37. The van der Waals surface area contributed by atoms with Crippen LogP contribution in [0, 0.1) is 11.6 Å². The molecule has 0 heterocycles. The predicted octanol–water partition coefficient (Wildman–Crippen LogP) is 2.33. The Morgan fingerprint density at radius 2 is 1.74 bits per heavy atom. The number of rotatable bonds is 5. The average molecular weight is 462 g/mol. The van der Waals surface area contributed by atoms with Crippen molar-refractivity contribution in [3.8, 4) is 0 Å². The molecule has 11 heteroatoms. The third-order valence-corrected chi connectivity index (χ3v) is 6.33. The summed E-state index contributed by atoms with van der Waals surface area (Å²) in [6.07, 6.45) is 0. The number of hydrogen-bond acceptors (Lipinski definition) is 4. The minimum Gasteiger partial charge on any atom is -0.366 e. The van der Waals surface area contributed by atoms with Gasteiger partial charge < -0.3 is 11.1 Å². The molecule has 0 spiro atoms. The van der Waals surface area contributed by atoms with Crippen LogP contribution in [-0.4, -0.2) is 38.6 Å². The van der Waals surface area contributed by atoms with E-state index in [4.69, 9.17) is 5.73 Å². The van der Waals surface area contributed by atoms with Crippen molar-refractivity contribution in [1.29, 1.82) is 0 Å². The van der Waals surface area contributed by atoms with Gasteiger partial charge in [0.05, 0.1) is 16.1 Å². The van der Waals surface area contributed by atoms with Crippen LogP contribution in [0.4, 0.5) is 14.5 Å². The molecule has 0 saturated carbocycles. The molecule has 0 fully saturated rings. The number of benzene rings is 2. The van der Waals surface area contributed by atoms with Gasteiger partial charge in [-0.1, -0.05) is 0 Å². The summed E-state index contributed by atoms with van der Waals surface area (Å²) in [6.45, 7) is 0. The zero-order chi connectivity index (χ0) is 20.5. The molecule has 27 heavy (non-hydrogen) atoms. The van der Waals surface area contributed by atoms with E-state index in [9.17, 15) is 26.8 Å². The summed E-state index contributed by atoms with van der Waals surface area (Å²) in [6, 6.07) is 4.94. The van der Waals surface area contributed by atoms with Crippen LogP contribution in [0.5, 0.6) is 0 Å². The Morgan fingerprint density at radius 1 is 1.11 bits per heavy atom. The molecular formula is C16H14BrF2N3O4S. The van der Waals surface area contributed by atoms with E-state index in [1.165, 1.54) is 26.2 Å². The van der Waals surface area contributed by atoms with Crippen LogP contribution in [-0.2, 0) is 10.0 Å². The molecule has 7 nitrogen and oxygen atoms in total. The lowest BCUT2D eigenvalue weighted by Crippen LogP contribution is -2.23. The van der Waals surface area contributed by atoms with Gasteiger partial charge in [0.15, 0.2) is 0 Å². The maximum Gasteiger partial charge on any atom is 0.255 e. The minimum atomic E-state index is -3.85. The van der Waals surface area contributed by atoms with E-state index < -0.39 is 44.7 Å². The lowest BCUT2D eigenvalue weighted by atomic mass is 10.1. The second-order valence-corrected chi connectivity index (χ2v) is 8.54. The highest BCUT2D eigenvalue weighted by Crippen LogP contribution is 2.26. The third-order valence-electron chi connectivity index (χ3n) is 3.52. The van der Waals surface area contributed by atoms with Gasteiger partial charge >= 0.3 is 0 Å². The van der Waals surface area contributed by atoms with Crippen LogP contribution in [0.25, 0.3) is 0 Å². The number of hydrogen-bond donors (Lipinski definition) is 2. The smallest absolute Gasteiger partial charge is 0.255 e. The fourth-order valence-corrected chi connectivity index (χ4v) is 3.91.